The third-order valence-electron chi connectivity index (χ3n) is 3.12. The maximum absolute atomic E-state index is 5.60. The fourth-order valence-electron chi connectivity index (χ4n) is 2.11. The molecule has 1 aliphatic heterocycles. The first-order valence-corrected chi connectivity index (χ1v) is 6.33. The van der Waals surface area contributed by atoms with Gasteiger partial charge in [0.05, 0.1) is 6.61 Å². The normalized spacial score (nSPS) is 22.4. The highest BCUT2D eigenvalue weighted by Crippen LogP contribution is 2.17. The molecule has 0 bridgehead atoms. The van der Waals surface area contributed by atoms with E-state index in [0.29, 0.717) is 0 Å². The zero-order valence-corrected chi connectivity index (χ0v) is 10.3. The van der Waals surface area contributed by atoms with Crippen LogP contribution in [0.2, 0.25) is 0 Å². The molecule has 1 fully saturated rings. The van der Waals surface area contributed by atoms with Gasteiger partial charge in [-0.2, -0.15) is 0 Å². The van der Waals surface area contributed by atoms with Gasteiger partial charge in [0.2, 0.25) is 0 Å². The first-order chi connectivity index (χ1) is 7.34. The molecule has 0 spiro atoms. The monoisotopic (exact) mass is 214 g/mol. The van der Waals surface area contributed by atoms with Crippen LogP contribution >= 0.6 is 0 Å². The van der Waals surface area contributed by atoms with Crippen LogP contribution in [0.3, 0.4) is 0 Å². The number of nitrogens with one attached hydrogen (secondary N) is 1. The lowest BCUT2D eigenvalue weighted by atomic mass is 10.1. The Bertz CT molecular complexity index is 153. The number of hydrogen-bond acceptors (Lipinski definition) is 3. The summed E-state index contributed by atoms with van der Waals surface area (Å²) in [5, 5.41) is 3.34. The number of likely N-dealkylation sites (tertiary alicyclic amines) is 1. The van der Waals surface area contributed by atoms with Crippen LogP contribution in [0.4, 0.5) is 0 Å². The van der Waals surface area contributed by atoms with Crippen molar-refractivity contribution < 1.29 is 4.74 Å². The average molecular weight is 214 g/mol. The van der Waals surface area contributed by atoms with Crippen molar-refractivity contribution >= 4 is 0 Å². The summed E-state index contributed by atoms with van der Waals surface area (Å²) in [5.74, 6) is 0. The number of hydrogen-bond donors (Lipinski definition) is 1. The quantitative estimate of drug-likeness (QED) is 0.620. The summed E-state index contributed by atoms with van der Waals surface area (Å²) in [4.78, 5) is 2.46. The molecule has 0 aliphatic carbocycles. The van der Waals surface area contributed by atoms with Crippen LogP contribution < -0.4 is 5.32 Å². The maximum atomic E-state index is 5.60. The molecule has 1 saturated heterocycles. The lowest BCUT2D eigenvalue weighted by Gasteiger charge is -2.18. The molecule has 0 aromatic heterocycles. The minimum absolute atomic E-state index is 0.772. The van der Waals surface area contributed by atoms with Crippen molar-refractivity contribution in [1.29, 1.82) is 0 Å². The van der Waals surface area contributed by atoms with E-state index < -0.39 is 0 Å². The zero-order valence-electron chi connectivity index (χ0n) is 10.3. The van der Waals surface area contributed by atoms with Gasteiger partial charge in [0.1, 0.15) is 0 Å². The third kappa shape index (κ3) is 5.50. The predicted molar refractivity (Wildman–Crippen MR) is 64.2 cm³/mol. The lowest BCUT2D eigenvalue weighted by Crippen LogP contribution is -2.27. The molecule has 1 N–H and O–H groups in total. The lowest BCUT2D eigenvalue weighted by molar-refractivity contribution is 0.115. The van der Waals surface area contributed by atoms with Gasteiger partial charge in [0.25, 0.3) is 0 Å². The highest BCUT2D eigenvalue weighted by molar-refractivity contribution is 4.75. The van der Waals surface area contributed by atoms with E-state index in [0.717, 1.165) is 32.3 Å². The molecule has 0 aromatic rings. The standard InChI is InChI=1S/C12H26N2O/c1-3-7-13-8-11-15-10-6-12-5-4-9-14(12)2/h12-13H,3-11H2,1-2H3. The third-order valence-corrected chi connectivity index (χ3v) is 3.12. The molecule has 3 nitrogen and oxygen atoms in total. The Hall–Kier alpha value is -0.120. The molecule has 3 heteroatoms. The van der Waals surface area contributed by atoms with E-state index in [4.69, 9.17) is 4.74 Å². The van der Waals surface area contributed by atoms with Crippen molar-refractivity contribution in [2.45, 2.75) is 38.6 Å². The van der Waals surface area contributed by atoms with E-state index in [-0.39, 0.29) is 0 Å². The van der Waals surface area contributed by atoms with E-state index in [1.807, 2.05) is 0 Å². The summed E-state index contributed by atoms with van der Waals surface area (Å²) >= 11 is 0. The summed E-state index contributed by atoms with van der Waals surface area (Å²) in [7, 11) is 2.22. The van der Waals surface area contributed by atoms with Crippen molar-refractivity contribution in [3.8, 4) is 0 Å². The first kappa shape index (κ1) is 12.9. The minimum Gasteiger partial charge on any atom is -0.380 e. The first-order valence-electron chi connectivity index (χ1n) is 6.33. The topological polar surface area (TPSA) is 24.5 Å². The van der Waals surface area contributed by atoms with Crippen LogP contribution in [0.5, 0.6) is 0 Å². The Labute approximate surface area is 94.2 Å². The summed E-state index contributed by atoms with van der Waals surface area (Å²) in [6.45, 7) is 7.33. The number of nitrogens with zero attached hydrogens (tertiary/aromatic N) is 1. The van der Waals surface area contributed by atoms with Crippen LogP contribution in [0, 0.1) is 0 Å². The summed E-state index contributed by atoms with van der Waals surface area (Å²) in [6.07, 6.45) is 5.12. The molecule has 15 heavy (non-hydrogen) atoms. The molecule has 1 heterocycles. The van der Waals surface area contributed by atoms with Gasteiger partial charge in [0, 0.05) is 19.2 Å². The van der Waals surface area contributed by atoms with E-state index in [1.54, 1.807) is 0 Å². The van der Waals surface area contributed by atoms with Gasteiger partial charge in [0.15, 0.2) is 0 Å². The Morgan fingerprint density at radius 1 is 1.33 bits per heavy atom. The molecule has 0 aromatic carbocycles. The number of ether oxygens (including phenoxy) is 1. The molecule has 0 amide bonds. The largest absolute Gasteiger partial charge is 0.380 e. The predicted octanol–water partition coefficient (Wildman–Crippen LogP) is 1.49. The van der Waals surface area contributed by atoms with Gasteiger partial charge in [-0.25, -0.2) is 0 Å². The van der Waals surface area contributed by atoms with Crippen molar-refractivity contribution in [2.75, 3.05) is 39.9 Å². The molecule has 1 unspecified atom stereocenters. The minimum atomic E-state index is 0.772. The maximum Gasteiger partial charge on any atom is 0.0590 e. The van der Waals surface area contributed by atoms with Gasteiger partial charge in [-0.15, -0.1) is 0 Å². The Balaban J connectivity index is 1.84. The van der Waals surface area contributed by atoms with Gasteiger partial charge in [-0.3, -0.25) is 0 Å². The second-order valence-corrected chi connectivity index (χ2v) is 4.43. The van der Waals surface area contributed by atoms with Crippen molar-refractivity contribution in [3.05, 3.63) is 0 Å². The highest BCUT2D eigenvalue weighted by Gasteiger charge is 2.19. The molecular weight excluding hydrogens is 188 g/mol. The van der Waals surface area contributed by atoms with E-state index in [1.165, 1.54) is 32.2 Å². The van der Waals surface area contributed by atoms with Crippen molar-refractivity contribution in [1.82, 2.24) is 10.2 Å². The molecule has 1 rings (SSSR count). The van der Waals surface area contributed by atoms with E-state index in [2.05, 4.69) is 24.2 Å². The van der Waals surface area contributed by atoms with Crippen LogP contribution in [-0.4, -0.2) is 50.8 Å². The molecule has 1 atom stereocenters. The average Bonchev–Trinajstić information content (AvgIpc) is 2.63. The smallest absolute Gasteiger partial charge is 0.0590 e. The zero-order chi connectivity index (χ0) is 10.9. The summed E-state index contributed by atoms with van der Waals surface area (Å²) in [6, 6.07) is 0.772. The van der Waals surface area contributed by atoms with Crippen LogP contribution in [0.1, 0.15) is 32.6 Å². The summed E-state index contributed by atoms with van der Waals surface area (Å²) < 4.78 is 5.60. The van der Waals surface area contributed by atoms with Gasteiger partial charge >= 0.3 is 0 Å². The Kier molecular flexibility index (Phi) is 6.98. The molecule has 0 saturated carbocycles. The molecule has 0 radical (unpaired) electrons. The second-order valence-electron chi connectivity index (χ2n) is 4.43. The Morgan fingerprint density at radius 2 is 2.20 bits per heavy atom. The second kappa shape index (κ2) is 8.08. The van der Waals surface area contributed by atoms with Crippen molar-refractivity contribution in [2.24, 2.45) is 0 Å². The van der Waals surface area contributed by atoms with Gasteiger partial charge in [-0.05, 0) is 45.8 Å². The number of rotatable bonds is 8. The molecule has 90 valence electrons. The van der Waals surface area contributed by atoms with Crippen LogP contribution in [-0.2, 0) is 4.74 Å². The van der Waals surface area contributed by atoms with Crippen LogP contribution in [0.25, 0.3) is 0 Å². The van der Waals surface area contributed by atoms with E-state index in [9.17, 15) is 0 Å². The fourth-order valence-corrected chi connectivity index (χ4v) is 2.11. The SMILES string of the molecule is CCCNCCOCCC1CCCN1C. The summed E-state index contributed by atoms with van der Waals surface area (Å²) in [5.41, 5.74) is 0. The van der Waals surface area contributed by atoms with Gasteiger partial charge < -0.3 is 15.0 Å². The molecule has 1 aliphatic rings. The molecular formula is C12H26N2O. The fraction of sp³-hybridized carbons (Fsp3) is 1.00. The van der Waals surface area contributed by atoms with E-state index >= 15 is 0 Å². The highest BCUT2D eigenvalue weighted by atomic mass is 16.5. The van der Waals surface area contributed by atoms with Crippen LogP contribution in [0.15, 0.2) is 0 Å². The van der Waals surface area contributed by atoms with Crippen molar-refractivity contribution in [3.63, 3.8) is 0 Å². The Morgan fingerprint density at radius 3 is 2.87 bits per heavy atom. The van der Waals surface area contributed by atoms with Gasteiger partial charge in [-0.1, -0.05) is 6.92 Å².